The van der Waals surface area contributed by atoms with Crippen LogP contribution < -0.4 is 9.47 Å². The number of carbonyl (C=O) groups is 1. The maximum absolute atomic E-state index is 13.3. The average Bonchev–Trinajstić information content (AvgIpc) is 3.08. The molecule has 0 radical (unpaired) electrons. The number of piperidine rings is 1. The number of rotatable bonds is 3. The molecule has 32 heavy (non-hydrogen) atoms. The third-order valence-corrected chi connectivity index (χ3v) is 6.93. The zero-order valence-electron chi connectivity index (χ0n) is 18.2. The van der Waals surface area contributed by atoms with Gasteiger partial charge in [0.15, 0.2) is 12.6 Å². The second-order valence-corrected chi connectivity index (χ2v) is 9.80. The van der Waals surface area contributed by atoms with Crippen molar-refractivity contribution in [3.8, 4) is 17.2 Å². The van der Waals surface area contributed by atoms with Gasteiger partial charge >= 0.3 is 0 Å². The second-order valence-electron chi connectivity index (χ2n) is 8.89. The summed E-state index contributed by atoms with van der Waals surface area (Å²) in [6.07, 6.45) is 4.00. The van der Waals surface area contributed by atoms with Crippen LogP contribution in [-0.4, -0.2) is 35.7 Å². The molecule has 1 saturated heterocycles. The number of hydrogen-bond donors (Lipinski definition) is 1. The van der Waals surface area contributed by atoms with Gasteiger partial charge in [0.05, 0.1) is 17.7 Å². The lowest BCUT2D eigenvalue weighted by molar-refractivity contribution is -0.0165. The number of phenols is 1. The number of nitrogens with zero attached hydrogens (tertiary/aromatic N) is 1. The molecule has 3 aliphatic rings. The molecule has 0 saturated carbocycles. The fourth-order valence-corrected chi connectivity index (χ4v) is 5.16. The minimum absolute atomic E-state index is 0.172. The molecule has 7 heteroatoms. The molecule has 3 heterocycles. The summed E-state index contributed by atoms with van der Waals surface area (Å²) in [5.41, 5.74) is 3.58. The number of Topliss-reactive ketones (excluding diaryl/α,β-unsaturated/α-hetero) is 1. The number of aromatic hydroxyl groups is 1. The molecule has 5 rings (SSSR count). The molecule has 6 nitrogen and oxygen atoms in total. The number of hydrogen-bond acceptors (Lipinski definition) is 6. The van der Waals surface area contributed by atoms with Crippen LogP contribution in [0.5, 0.6) is 17.2 Å². The van der Waals surface area contributed by atoms with Gasteiger partial charge in [-0.15, -0.1) is 0 Å². The van der Waals surface area contributed by atoms with Gasteiger partial charge < -0.3 is 19.3 Å². The summed E-state index contributed by atoms with van der Waals surface area (Å²) in [7, 11) is 0. The molecule has 0 atom stereocenters. The zero-order valence-corrected chi connectivity index (χ0v) is 19.8. The number of benzene rings is 2. The van der Waals surface area contributed by atoms with Gasteiger partial charge in [0.1, 0.15) is 17.2 Å². The maximum atomic E-state index is 13.3. The highest BCUT2D eigenvalue weighted by molar-refractivity contribution is 9.10. The highest BCUT2D eigenvalue weighted by Crippen LogP contribution is 2.43. The first-order chi connectivity index (χ1) is 15.4. The molecular weight excluding hydrogens is 474 g/mol. The number of ether oxygens (including phenoxy) is 3. The minimum atomic E-state index is -0.174. The fraction of sp³-hybridized carbons (Fsp3) is 0.400. The zero-order chi connectivity index (χ0) is 22.4. The van der Waals surface area contributed by atoms with Crippen LogP contribution in [0.1, 0.15) is 52.4 Å². The number of allylic oxidation sites excluding steroid dienone is 1. The third-order valence-electron chi connectivity index (χ3n) is 6.47. The van der Waals surface area contributed by atoms with Crippen molar-refractivity contribution in [2.45, 2.75) is 39.8 Å². The summed E-state index contributed by atoms with van der Waals surface area (Å²) >= 11 is 3.52. The molecule has 1 N–H and O–H groups in total. The van der Waals surface area contributed by atoms with Crippen molar-refractivity contribution in [3.63, 3.8) is 0 Å². The van der Waals surface area contributed by atoms with E-state index in [1.807, 2.05) is 19.1 Å². The SMILES string of the molecule is Cc1cc(O)c(CN2CCC(C)CC2)c2c1C(=O)/C(=C/c1cc(Br)cc3c1OCOC3)O2. The summed E-state index contributed by atoms with van der Waals surface area (Å²) in [6.45, 7) is 7.24. The molecule has 0 bridgehead atoms. The molecular formula is C25H26BrNO5. The Morgan fingerprint density at radius 3 is 2.78 bits per heavy atom. The highest BCUT2D eigenvalue weighted by atomic mass is 79.9. The Hall–Kier alpha value is -2.35. The number of fused-ring (bicyclic) bond motifs is 2. The van der Waals surface area contributed by atoms with Gasteiger partial charge in [-0.2, -0.15) is 0 Å². The summed E-state index contributed by atoms with van der Waals surface area (Å²) in [6, 6.07) is 5.52. The van der Waals surface area contributed by atoms with Crippen LogP contribution in [-0.2, 0) is 17.9 Å². The lowest BCUT2D eigenvalue weighted by atomic mass is 9.96. The first-order valence-corrected chi connectivity index (χ1v) is 11.7. The first-order valence-electron chi connectivity index (χ1n) is 11.0. The molecule has 0 amide bonds. The number of halogens is 1. The Labute approximate surface area is 195 Å². The largest absolute Gasteiger partial charge is 0.507 e. The van der Waals surface area contributed by atoms with E-state index in [1.165, 1.54) is 0 Å². The van der Waals surface area contributed by atoms with Gasteiger partial charge in [-0.25, -0.2) is 0 Å². The van der Waals surface area contributed by atoms with Gasteiger partial charge in [-0.1, -0.05) is 22.9 Å². The Morgan fingerprint density at radius 1 is 1.22 bits per heavy atom. The van der Waals surface area contributed by atoms with Crippen molar-refractivity contribution in [1.29, 1.82) is 0 Å². The van der Waals surface area contributed by atoms with Crippen LogP contribution in [0.25, 0.3) is 6.08 Å². The molecule has 3 aliphatic heterocycles. The lowest BCUT2D eigenvalue weighted by Gasteiger charge is -2.30. The summed E-state index contributed by atoms with van der Waals surface area (Å²) in [4.78, 5) is 15.6. The molecule has 0 aromatic heterocycles. The average molecular weight is 500 g/mol. The number of phenolic OH excluding ortho intramolecular Hbond substituents is 1. The normalized spacial score (nSPS) is 20.1. The van der Waals surface area contributed by atoms with E-state index in [9.17, 15) is 9.90 Å². The van der Waals surface area contributed by atoms with Crippen LogP contribution in [0.4, 0.5) is 0 Å². The van der Waals surface area contributed by atoms with Crippen molar-refractivity contribution in [3.05, 3.63) is 56.2 Å². The third kappa shape index (κ3) is 3.93. The van der Waals surface area contributed by atoms with E-state index in [4.69, 9.17) is 14.2 Å². The van der Waals surface area contributed by atoms with Crippen LogP contribution in [0, 0.1) is 12.8 Å². The van der Waals surface area contributed by atoms with E-state index in [0.717, 1.165) is 47.4 Å². The molecule has 0 spiro atoms. The standard InChI is InChI=1S/C25H26BrNO5/c1-14-3-5-27(6-4-14)11-19-20(28)7-15(2)22-23(29)21(32-25(19)22)10-16-8-18(26)9-17-12-30-13-31-24(16)17/h7-10,14,28H,3-6,11-13H2,1-2H3/b21-10-. The number of likely N-dealkylation sites (tertiary alicyclic amines) is 1. The first kappa shape index (κ1) is 21.5. The van der Waals surface area contributed by atoms with E-state index in [-0.39, 0.29) is 24.1 Å². The van der Waals surface area contributed by atoms with E-state index >= 15 is 0 Å². The number of aryl methyl sites for hydroxylation is 1. The van der Waals surface area contributed by atoms with Gasteiger partial charge in [0, 0.05) is 22.1 Å². The number of ketones is 1. The molecule has 1 fully saturated rings. The topological polar surface area (TPSA) is 68.2 Å². The Morgan fingerprint density at radius 2 is 2.00 bits per heavy atom. The molecule has 2 aromatic carbocycles. The smallest absolute Gasteiger partial charge is 0.232 e. The van der Waals surface area contributed by atoms with Crippen LogP contribution in [0.2, 0.25) is 0 Å². The van der Waals surface area contributed by atoms with Gasteiger partial charge in [-0.3, -0.25) is 9.69 Å². The predicted molar refractivity (Wildman–Crippen MR) is 124 cm³/mol. The predicted octanol–water partition coefficient (Wildman–Crippen LogP) is 5.18. The molecule has 2 aromatic rings. The minimum Gasteiger partial charge on any atom is -0.507 e. The quantitative estimate of drug-likeness (QED) is 0.587. The van der Waals surface area contributed by atoms with Crippen LogP contribution >= 0.6 is 15.9 Å². The Balaban J connectivity index is 1.51. The molecule has 168 valence electrons. The second kappa shape index (κ2) is 8.54. The summed E-state index contributed by atoms with van der Waals surface area (Å²) in [5, 5.41) is 10.7. The van der Waals surface area contributed by atoms with Crippen molar-refractivity contribution >= 4 is 27.8 Å². The lowest BCUT2D eigenvalue weighted by Crippen LogP contribution is -2.32. The van der Waals surface area contributed by atoms with Crippen molar-refractivity contribution in [2.24, 2.45) is 5.92 Å². The molecule has 0 unspecified atom stereocenters. The Bertz CT molecular complexity index is 1120. The van der Waals surface area contributed by atoms with E-state index in [2.05, 4.69) is 27.8 Å². The van der Waals surface area contributed by atoms with E-state index < -0.39 is 0 Å². The summed E-state index contributed by atoms with van der Waals surface area (Å²) in [5.74, 6) is 2.13. The van der Waals surface area contributed by atoms with Crippen LogP contribution in [0.15, 0.2) is 28.4 Å². The van der Waals surface area contributed by atoms with Crippen LogP contribution in [0.3, 0.4) is 0 Å². The maximum Gasteiger partial charge on any atom is 0.232 e. The van der Waals surface area contributed by atoms with Crippen molar-refractivity contribution in [1.82, 2.24) is 4.90 Å². The van der Waals surface area contributed by atoms with Crippen molar-refractivity contribution in [2.75, 3.05) is 19.9 Å². The van der Waals surface area contributed by atoms with Crippen molar-refractivity contribution < 1.29 is 24.1 Å². The van der Waals surface area contributed by atoms with E-state index in [0.29, 0.717) is 41.3 Å². The fourth-order valence-electron chi connectivity index (χ4n) is 4.63. The van der Waals surface area contributed by atoms with Gasteiger partial charge in [-0.05, 0) is 68.6 Å². The van der Waals surface area contributed by atoms with Gasteiger partial charge in [0.25, 0.3) is 0 Å². The highest BCUT2D eigenvalue weighted by Gasteiger charge is 2.34. The summed E-state index contributed by atoms with van der Waals surface area (Å²) < 4.78 is 18.1. The van der Waals surface area contributed by atoms with Gasteiger partial charge in [0.2, 0.25) is 5.78 Å². The molecule has 0 aliphatic carbocycles. The Kier molecular flexibility index (Phi) is 5.73. The van der Waals surface area contributed by atoms with E-state index in [1.54, 1.807) is 12.1 Å². The number of carbonyl (C=O) groups excluding carboxylic acids is 1. The monoisotopic (exact) mass is 499 g/mol.